The summed E-state index contributed by atoms with van der Waals surface area (Å²) in [5.41, 5.74) is 0. The Kier molecular flexibility index (Phi) is 5.26. The minimum Gasteiger partial charge on any atom is -1.00 e. The van der Waals surface area contributed by atoms with E-state index in [0.717, 1.165) is 0 Å². The molecule has 2 amide bonds. The molecule has 0 fully saturated rings. The zero-order chi connectivity index (χ0) is 8.39. The molecule has 2 aliphatic heterocycles. The molecule has 2 unspecified atom stereocenters. The van der Waals surface area contributed by atoms with Gasteiger partial charge in [0, 0.05) is 0 Å². The highest BCUT2D eigenvalue weighted by atomic mass is 35.5. The molecule has 0 radical (unpaired) electrons. The SMILES string of the molecule is O=C([NH+]1C=CN=C1)[NH+]1C=CN=C1.[Cl-].[Cl-]. The highest BCUT2D eigenvalue weighted by Crippen LogP contribution is 1.72. The molecule has 0 aliphatic carbocycles. The van der Waals surface area contributed by atoms with Crippen molar-refractivity contribution in [2.45, 2.75) is 0 Å². The van der Waals surface area contributed by atoms with Gasteiger partial charge in [-0.05, 0) is 0 Å². The molecule has 0 aromatic carbocycles. The van der Waals surface area contributed by atoms with Crippen LogP contribution in [0.1, 0.15) is 0 Å². The third kappa shape index (κ3) is 2.49. The van der Waals surface area contributed by atoms with E-state index in [0.29, 0.717) is 9.80 Å². The molecule has 76 valence electrons. The number of hydrogen-bond donors (Lipinski definition) is 2. The minimum atomic E-state index is -0.0231. The maximum Gasteiger partial charge on any atom is 0.532 e. The number of rotatable bonds is 0. The van der Waals surface area contributed by atoms with Crippen LogP contribution in [0.5, 0.6) is 0 Å². The summed E-state index contributed by atoms with van der Waals surface area (Å²) in [5.74, 6) is 0. The number of carbonyl (C=O) groups is 1. The van der Waals surface area contributed by atoms with Crippen LogP contribution in [-0.4, -0.2) is 18.7 Å². The number of nitrogens with zero attached hydrogens (tertiary/aromatic N) is 2. The van der Waals surface area contributed by atoms with Gasteiger partial charge >= 0.3 is 6.03 Å². The Morgan fingerprint density at radius 1 is 0.929 bits per heavy atom. The van der Waals surface area contributed by atoms with Crippen LogP contribution in [0.25, 0.3) is 0 Å². The van der Waals surface area contributed by atoms with E-state index in [1.807, 2.05) is 0 Å². The molecule has 7 heteroatoms. The minimum absolute atomic E-state index is 0. The summed E-state index contributed by atoms with van der Waals surface area (Å²) in [5, 5.41) is 0. The van der Waals surface area contributed by atoms with E-state index in [2.05, 4.69) is 9.98 Å². The number of amides is 2. The molecule has 2 aliphatic rings. The van der Waals surface area contributed by atoms with E-state index in [-0.39, 0.29) is 30.8 Å². The van der Waals surface area contributed by atoms with Crippen LogP contribution < -0.4 is 34.6 Å². The Morgan fingerprint density at radius 2 is 1.36 bits per heavy atom. The summed E-state index contributed by atoms with van der Waals surface area (Å²) in [7, 11) is 0. The van der Waals surface area contributed by atoms with Crippen molar-refractivity contribution >= 4 is 18.7 Å². The van der Waals surface area contributed by atoms with Gasteiger partial charge in [0.1, 0.15) is 12.4 Å². The fraction of sp³-hybridized carbons (Fsp3) is 0. The number of aliphatic imine (C=N–C) groups is 2. The Labute approximate surface area is 93.3 Å². The van der Waals surface area contributed by atoms with Gasteiger partial charge in [0.2, 0.25) is 12.7 Å². The van der Waals surface area contributed by atoms with E-state index < -0.39 is 0 Å². The quantitative estimate of drug-likeness (QED) is 0.430. The van der Waals surface area contributed by atoms with Gasteiger partial charge in [0.05, 0.1) is 12.4 Å². The summed E-state index contributed by atoms with van der Waals surface area (Å²) < 4.78 is 0. The lowest BCUT2D eigenvalue weighted by atomic mass is 10.7. The standard InChI is InChI=1S/C7H6N4O.2ClH/c12-7(10-3-1-8-5-10)11-4-2-9-6-11;;/h1-6H;2*1H. The molecular formula is C7H8Cl2N4O. The number of hydrogen-bond acceptors (Lipinski definition) is 3. The molecule has 0 spiro atoms. The van der Waals surface area contributed by atoms with Crippen LogP contribution >= 0.6 is 0 Å². The number of urea groups is 1. The number of halogens is 2. The summed E-state index contributed by atoms with van der Waals surface area (Å²) in [6.45, 7) is 0. The van der Waals surface area contributed by atoms with Gasteiger partial charge < -0.3 is 24.8 Å². The first-order chi connectivity index (χ1) is 5.88. The zero-order valence-corrected chi connectivity index (χ0v) is 8.53. The predicted octanol–water partition coefficient (Wildman–Crippen LogP) is -8.09. The smallest absolute Gasteiger partial charge is 0.532 e. The van der Waals surface area contributed by atoms with Crippen LogP contribution in [-0.2, 0) is 0 Å². The van der Waals surface area contributed by atoms with E-state index in [9.17, 15) is 4.79 Å². The largest absolute Gasteiger partial charge is 1.00 e. The van der Waals surface area contributed by atoms with Crippen LogP contribution in [0.2, 0.25) is 0 Å². The molecular weight excluding hydrogens is 227 g/mol. The summed E-state index contributed by atoms with van der Waals surface area (Å²) in [6.07, 6.45) is 9.68. The van der Waals surface area contributed by atoms with Crippen molar-refractivity contribution < 1.29 is 39.4 Å². The maximum absolute atomic E-state index is 11.5. The second-order valence-corrected chi connectivity index (χ2v) is 2.43. The first kappa shape index (κ1) is 13.0. The van der Waals surface area contributed by atoms with Gasteiger partial charge in [-0.3, -0.25) is 0 Å². The average Bonchev–Trinajstić information content (AvgIpc) is 2.77. The van der Waals surface area contributed by atoms with Gasteiger partial charge in [-0.25, -0.2) is 9.98 Å². The number of nitrogens with one attached hydrogen (secondary N) is 2. The Hall–Kier alpha value is -1.01. The highest BCUT2D eigenvalue weighted by Gasteiger charge is 2.29. The molecule has 14 heavy (non-hydrogen) atoms. The van der Waals surface area contributed by atoms with E-state index in [4.69, 9.17) is 0 Å². The van der Waals surface area contributed by atoms with Gasteiger partial charge in [-0.2, -0.15) is 4.79 Å². The van der Waals surface area contributed by atoms with Crippen molar-refractivity contribution in [3.8, 4) is 0 Å². The van der Waals surface area contributed by atoms with E-state index >= 15 is 0 Å². The molecule has 0 bridgehead atoms. The summed E-state index contributed by atoms with van der Waals surface area (Å²) in [4.78, 5) is 20.3. The molecule has 2 atom stereocenters. The fourth-order valence-corrected chi connectivity index (χ4v) is 1.01. The van der Waals surface area contributed by atoms with Crippen molar-refractivity contribution in [2.24, 2.45) is 9.98 Å². The Morgan fingerprint density at radius 3 is 1.64 bits per heavy atom. The lowest BCUT2D eigenvalue weighted by molar-refractivity contribution is -0.786. The number of carbonyl (C=O) groups excluding carboxylic acids is 1. The van der Waals surface area contributed by atoms with Gasteiger partial charge in [0.15, 0.2) is 0 Å². The third-order valence-corrected chi connectivity index (χ3v) is 1.63. The monoisotopic (exact) mass is 234 g/mol. The second kappa shape index (κ2) is 5.66. The van der Waals surface area contributed by atoms with Crippen molar-refractivity contribution in [1.82, 2.24) is 0 Å². The van der Waals surface area contributed by atoms with Crippen molar-refractivity contribution in [3.05, 3.63) is 24.8 Å². The van der Waals surface area contributed by atoms with Crippen LogP contribution in [0.3, 0.4) is 0 Å². The molecule has 0 aromatic rings. The highest BCUT2D eigenvalue weighted by molar-refractivity contribution is 5.73. The molecule has 2 N–H and O–H groups in total. The molecule has 0 saturated heterocycles. The van der Waals surface area contributed by atoms with Crippen molar-refractivity contribution in [1.29, 1.82) is 0 Å². The normalized spacial score (nSPS) is 26.0. The predicted molar refractivity (Wildman–Crippen MR) is 42.6 cm³/mol. The first-order valence-electron chi connectivity index (χ1n) is 3.56. The van der Waals surface area contributed by atoms with Crippen molar-refractivity contribution in [3.63, 3.8) is 0 Å². The van der Waals surface area contributed by atoms with Crippen LogP contribution in [0, 0.1) is 0 Å². The number of quaternary nitrogens is 2. The van der Waals surface area contributed by atoms with E-state index in [1.165, 1.54) is 0 Å². The Balaban J connectivity index is 0.000000845. The molecule has 0 saturated carbocycles. The van der Waals surface area contributed by atoms with Gasteiger partial charge in [0.25, 0.3) is 0 Å². The lowest BCUT2D eigenvalue weighted by Crippen LogP contribution is -3.29. The van der Waals surface area contributed by atoms with Crippen molar-refractivity contribution in [2.75, 3.05) is 0 Å². The zero-order valence-electron chi connectivity index (χ0n) is 7.02. The summed E-state index contributed by atoms with van der Waals surface area (Å²) >= 11 is 0. The van der Waals surface area contributed by atoms with Crippen LogP contribution in [0.4, 0.5) is 4.79 Å². The maximum atomic E-state index is 11.5. The Bertz CT molecular complexity index is 270. The third-order valence-electron chi connectivity index (χ3n) is 1.63. The summed E-state index contributed by atoms with van der Waals surface area (Å²) in [6, 6.07) is -0.0231. The average molecular weight is 235 g/mol. The first-order valence-corrected chi connectivity index (χ1v) is 3.56. The molecule has 2 rings (SSSR count). The van der Waals surface area contributed by atoms with Crippen LogP contribution in [0.15, 0.2) is 34.8 Å². The lowest BCUT2D eigenvalue weighted by Gasteiger charge is -2.02. The van der Waals surface area contributed by atoms with Gasteiger partial charge in [-0.1, -0.05) is 0 Å². The molecule has 5 nitrogen and oxygen atoms in total. The fourth-order valence-electron chi connectivity index (χ4n) is 1.01. The second-order valence-electron chi connectivity index (χ2n) is 2.43. The van der Waals surface area contributed by atoms with Gasteiger partial charge in [-0.15, -0.1) is 9.80 Å². The topological polar surface area (TPSA) is 50.7 Å². The van der Waals surface area contributed by atoms with E-state index in [1.54, 1.807) is 37.5 Å². The molecule has 0 aromatic heterocycles. The molecule has 2 heterocycles.